The monoisotopic (exact) mass is 438 g/mol. The molecule has 0 aliphatic rings. The van der Waals surface area contributed by atoms with Crippen molar-refractivity contribution in [1.82, 2.24) is 9.97 Å². The van der Waals surface area contributed by atoms with Gasteiger partial charge in [-0.2, -0.15) is 0 Å². The Morgan fingerprint density at radius 2 is 1.75 bits per heavy atom. The number of methoxy groups -OCH3 is 2. The molecule has 3 aromatic rings. The third kappa shape index (κ3) is 4.93. The molecule has 0 saturated carbocycles. The highest BCUT2D eigenvalue weighted by Crippen LogP contribution is 2.31. The Bertz CT molecular complexity index is 1170. The number of hydrogen-bond acceptors (Lipinski definition) is 6. The second-order valence-electron chi connectivity index (χ2n) is 8.15. The van der Waals surface area contributed by atoms with E-state index in [4.69, 9.17) is 14.2 Å². The van der Waals surface area contributed by atoms with Crippen LogP contribution in [0.5, 0.6) is 17.2 Å². The van der Waals surface area contributed by atoms with E-state index in [1.807, 2.05) is 39.8 Å². The maximum Gasteiger partial charge on any atom is 0.262 e. The van der Waals surface area contributed by atoms with Crippen LogP contribution in [0, 0.1) is 19.8 Å². The molecule has 3 rings (SSSR count). The molecule has 0 amide bonds. The Morgan fingerprint density at radius 1 is 1.06 bits per heavy atom. The molecule has 0 aliphatic heterocycles. The minimum Gasteiger partial charge on any atom is -0.497 e. The third-order valence-electron chi connectivity index (χ3n) is 5.39. The van der Waals surface area contributed by atoms with Crippen molar-refractivity contribution in [2.45, 2.75) is 40.5 Å². The topological polar surface area (TPSA) is 90.5 Å². The molecule has 1 aromatic heterocycles. The second-order valence-corrected chi connectivity index (χ2v) is 8.15. The minimum atomic E-state index is -0.282. The Kier molecular flexibility index (Phi) is 7.18. The summed E-state index contributed by atoms with van der Waals surface area (Å²) in [5.74, 6) is 2.51. The molecular formula is C25H30N2O5. The minimum absolute atomic E-state index is 0.0503. The van der Waals surface area contributed by atoms with Crippen molar-refractivity contribution in [3.05, 3.63) is 45.7 Å². The van der Waals surface area contributed by atoms with Gasteiger partial charge in [0.15, 0.2) is 0 Å². The maximum absolute atomic E-state index is 12.8. The third-order valence-corrected chi connectivity index (χ3v) is 5.39. The number of carbonyl (C=O) groups is 1. The molecule has 0 atom stereocenters. The van der Waals surface area contributed by atoms with Crippen LogP contribution in [0.4, 0.5) is 0 Å². The van der Waals surface area contributed by atoms with Crippen molar-refractivity contribution in [1.29, 1.82) is 0 Å². The van der Waals surface area contributed by atoms with E-state index in [2.05, 4.69) is 9.97 Å². The molecule has 1 N–H and O–H groups in total. The number of fused-ring (bicyclic) bond motifs is 1. The van der Waals surface area contributed by atoms with Gasteiger partial charge in [0.2, 0.25) is 0 Å². The number of ketones is 1. The highest BCUT2D eigenvalue weighted by atomic mass is 16.5. The number of aromatic amines is 1. The fourth-order valence-corrected chi connectivity index (χ4v) is 3.65. The molecule has 0 fully saturated rings. The smallest absolute Gasteiger partial charge is 0.262 e. The standard InChI is InChI=1S/C25H30N2O5/c1-14(2)20(28)8-7-9-32-23-15(3)10-17(11-16(23)4)24-26-19-12-18(30-5)13-21(31-6)22(19)25(29)27-24/h10-14H,7-9H2,1-6H3,(H,26,27,29). The molecule has 0 saturated heterocycles. The lowest BCUT2D eigenvalue weighted by atomic mass is 10.0. The van der Waals surface area contributed by atoms with Crippen molar-refractivity contribution >= 4 is 16.7 Å². The van der Waals surface area contributed by atoms with Crippen molar-refractivity contribution in [3.63, 3.8) is 0 Å². The highest BCUT2D eigenvalue weighted by molar-refractivity contribution is 5.87. The second kappa shape index (κ2) is 9.85. The molecule has 0 unspecified atom stereocenters. The Labute approximate surface area is 187 Å². The van der Waals surface area contributed by atoms with Gasteiger partial charge in [0.25, 0.3) is 5.56 Å². The zero-order valence-electron chi connectivity index (χ0n) is 19.5. The Morgan fingerprint density at radius 3 is 2.34 bits per heavy atom. The number of rotatable bonds is 9. The van der Waals surface area contributed by atoms with Crippen molar-refractivity contribution in [2.75, 3.05) is 20.8 Å². The Balaban J connectivity index is 1.90. The lowest BCUT2D eigenvalue weighted by Crippen LogP contribution is -2.11. The van der Waals surface area contributed by atoms with Crippen molar-refractivity contribution < 1.29 is 19.0 Å². The number of H-pyrrole nitrogens is 1. The van der Waals surface area contributed by atoms with E-state index in [9.17, 15) is 9.59 Å². The van der Waals surface area contributed by atoms with Crippen LogP contribution in [0.2, 0.25) is 0 Å². The quantitative estimate of drug-likeness (QED) is 0.491. The van der Waals surface area contributed by atoms with E-state index in [0.29, 0.717) is 47.7 Å². The van der Waals surface area contributed by atoms with Crippen LogP contribution in [-0.2, 0) is 4.79 Å². The molecule has 7 heteroatoms. The van der Waals surface area contributed by atoms with Gasteiger partial charge in [0.05, 0.1) is 26.3 Å². The van der Waals surface area contributed by atoms with Gasteiger partial charge < -0.3 is 19.2 Å². The van der Waals surface area contributed by atoms with Crippen molar-refractivity contribution in [3.8, 4) is 28.6 Å². The molecule has 0 aliphatic carbocycles. The van der Waals surface area contributed by atoms with Crippen molar-refractivity contribution in [2.24, 2.45) is 5.92 Å². The lowest BCUT2D eigenvalue weighted by molar-refractivity contribution is -0.122. The zero-order valence-corrected chi connectivity index (χ0v) is 19.5. The molecule has 1 heterocycles. The summed E-state index contributed by atoms with van der Waals surface area (Å²) in [5.41, 5.74) is 2.85. The van der Waals surface area contributed by atoms with Gasteiger partial charge in [-0.3, -0.25) is 9.59 Å². The highest BCUT2D eigenvalue weighted by Gasteiger charge is 2.15. The molecule has 2 aromatic carbocycles. The fraction of sp³-hybridized carbons (Fsp3) is 0.400. The van der Waals surface area contributed by atoms with Crippen LogP contribution < -0.4 is 19.8 Å². The average Bonchev–Trinajstić information content (AvgIpc) is 2.76. The van der Waals surface area contributed by atoms with Gasteiger partial charge in [0.1, 0.15) is 34.2 Å². The van der Waals surface area contributed by atoms with E-state index in [0.717, 1.165) is 22.4 Å². The molecule has 0 bridgehead atoms. The van der Waals surface area contributed by atoms with E-state index < -0.39 is 0 Å². The van der Waals surface area contributed by atoms with Crippen LogP contribution in [0.25, 0.3) is 22.3 Å². The first-order chi connectivity index (χ1) is 15.2. The van der Waals surface area contributed by atoms with Gasteiger partial charge in [-0.05, 0) is 43.5 Å². The largest absolute Gasteiger partial charge is 0.497 e. The average molecular weight is 439 g/mol. The summed E-state index contributed by atoms with van der Waals surface area (Å²) in [6.07, 6.45) is 1.20. The number of benzene rings is 2. The van der Waals surface area contributed by atoms with E-state index in [1.54, 1.807) is 19.2 Å². The van der Waals surface area contributed by atoms with E-state index >= 15 is 0 Å². The first kappa shape index (κ1) is 23.3. The molecular weight excluding hydrogens is 408 g/mol. The first-order valence-corrected chi connectivity index (χ1v) is 10.7. The zero-order chi connectivity index (χ0) is 23.4. The first-order valence-electron chi connectivity index (χ1n) is 10.7. The summed E-state index contributed by atoms with van der Waals surface area (Å²) < 4.78 is 16.6. The van der Waals surface area contributed by atoms with E-state index in [-0.39, 0.29) is 17.3 Å². The number of ether oxygens (including phenoxy) is 3. The molecule has 0 radical (unpaired) electrons. The summed E-state index contributed by atoms with van der Waals surface area (Å²) in [5, 5.41) is 0.376. The van der Waals surface area contributed by atoms with Gasteiger partial charge in [-0.25, -0.2) is 4.98 Å². The summed E-state index contributed by atoms with van der Waals surface area (Å²) in [6.45, 7) is 8.21. The summed E-state index contributed by atoms with van der Waals surface area (Å²) >= 11 is 0. The Hall–Kier alpha value is -3.35. The summed E-state index contributed by atoms with van der Waals surface area (Å²) in [7, 11) is 3.06. The van der Waals surface area contributed by atoms with Gasteiger partial charge in [-0.15, -0.1) is 0 Å². The van der Waals surface area contributed by atoms with E-state index in [1.165, 1.54) is 7.11 Å². The number of aromatic nitrogens is 2. The SMILES string of the molecule is COc1cc(OC)c2c(=O)[nH]c(-c3cc(C)c(OCCCC(=O)C(C)C)c(C)c3)nc2c1. The summed E-state index contributed by atoms with van der Waals surface area (Å²) in [6, 6.07) is 7.24. The van der Waals surface area contributed by atoms with Crippen LogP contribution in [-0.4, -0.2) is 36.6 Å². The van der Waals surface area contributed by atoms with Crippen LogP contribution in [0.15, 0.2) is 29.1 Å². The predicted molar refractivity (Wildman–Crippen MR) is 125 cm³/mol. The predicted octanol–water partition coefficient (Wildman–Crippen LogP) is 4.61. The number of aryl methyl sites for hydroxylation is 2. The number of nitrogens with one attached hydrogen (secondary N) is 1. The molecule has 32 heavy (non-hydrogen) atoms. The number of Topliss-reactive ketones (excluding diaryl/α,β-unsaturated/α-hetero) is 1. The lowest BCUT2D eigenvalue weighted by Gasteiger charge is -2.15. The molecule has 0 spiro atoms. The number of hydrogen-bond donors (Lipinski definition) is 1. The molecule has 7 nitrogen and oxygen atoms in total. The van der Waals surface area contributed by atoms with Crippen LogP contribution in [0.1, 0.15) is 37.8 Å². The normalized spacial score (nSPS) is 11.1. The van der Waals surface area contributed by atoms with Crippen LogP contribution >= 0.6 is 0 Å². The summed E-state index contributed by atoms with van der Waals surface area (Å²) in [4.78, 5) is 32.1. The van der Waals surface area contributed by atoms with Gasteiger partial charge >= 0.3 is 0 Å². The van der Waals surface area contributed by atoms with Crippen LogP contribution in [0.3, 0.4) is 0 Å². The number of carbonyl (C=O) groups excluding carboxylic acids is 1. The van der Waals surface area contributed by atoms with Gasteiger partial charge in [0, 0.05) is 30.0 Å². The fourth-order valence-electron chi connectivity index (χ4n) is 3.65. The maximum atomic E-state index is 12.8. The molecule has 170 valence electrons. The number of nitrogens with zero attached hydrogens (tertiary/aromatic N) is 1. The van der Waals surface area contributed by atoms with Gasteiger partial charge in [-0.1, -0.05) is 13.8 Å².